The van der Waals surface area contributed by atoms with E-state index in [0.29, 0.717) is 25.8 Å². The molecule has 4 rings (SSSR count). The van der Waals surface area contributed by atoms with Gasteiger partial charge in [-0.2, -0.15) is 0 Å². The summed E-state index contributed by atoms with van der Waals surface area (Å²) in [7, 11) is 0. The van der Waals surface area contributed by atoms with Crippen LogP contribution in [0, 0.1) is 34.0 Å². The van der Waals surface area contributed by atoms with Crippen LogP contribution in [0.3, 0.4) is 0 Å². The number of aliphatic hydroxyl groups is 1. The number of hydrogen-bond acceptors (Lipinski definition) is 7. The lowest BCUT2D eigenvalue weighted by molar-refractivity contribution is -0.205. The van der Waals surface area contributed by atoms with Crippen LogP contribution < -0.4 is 0 Å². The van der Waals surface area contributed by atoms with Gasteiger partial charge >= 0.3 is 12.1 Å². The first-order chi connectivity index (χ1) is 18.6. The molecule has 4 aliphatic rings. The predicted molar refractivity (Wildman–Crippen MR) is 158 cm³/mol. The van der Waals surface area contributed by atoms with Crippen molar-refractivity contribution in [3.05, 3.63) is 24.9 Å². The first kappa shape index (κ1) is 31.1. The number of carbonyl (C=O) groups is 3. The summed E-state index contributed by atoms with van der Waals surface area (Å²) in [4.78, 5) is 40.8. The Bertz CT molecular complexity index is 1050. The molecule has 3 fully saturated rings. The minimum Gasteiger partial charge on any atom is -0.461 e. The molecule has 1 N–H and O–H groups in total. The maximum Gasteiger partial charge on any atom is 0.414 e. The van der Waals surface area contributed by atoms with E-state index >= 15 is 0 Å². The zero-order chi connectivity index (χ0) is 29.7. The standard InChI is InChI=1S/C32H49NO6S/c1-9-30(7)18-24(31(8)20(2)10-14-32(21(3)27(30)36)15-11-23(34)26(31)32)38-25(35)19-40-22-12-16-33(17-13-22)28(37)39-29(4,5)6/h9,12,16,20-22,24,26-27,36H,1,10-11,13-15,17-19H2,2-8H3/t20?,21-,22?,24+,26?,27?,30+,31-,32?/m0/s1. The van der Waals surface area contributed by atoms with E-state index in [1.807, 2.05) is 39.8 Å². The molecule has 0 aromatic rings. The SMILES string of the molecule is C=C[C@]1(C)C[C@@H](OC(=O)CSC2C=CN(C(=O)OC(C)(C)C)CC2)[C@]2(C)C(C)CCC3(CCC(=O)C32)[C@@H](C)C1O. The molecule has 0 spiro atoms. The molecule has 3 aliphatic carbocycles. The molecule has 0 saturated heterocycles. The van der Waals surface area contributed by atoms with Crippen molar-refractivity contribution >= 4 is 29.6 Å². The Kier molecular flexibility index (Phi) is 8.66. The molecule has 0 aromatic carbocycles. The van der Waals surface area contributed by atoms with Crippen molar-refractivity contribution in [1.29, 1.82) is 0 Å². The molecule has 7 nitrogen and oxygen atoms in total. The van der Waals surface area contributed by atoms with Gasteiger partial charge in [0.25, 0.3) is 0 Å². The molecule has 1 aliphatic heterocycles. The Balaban J connectivity index is 1.50. The van der Waals surface area contributed by atoms with Crippen LogP contribution in [0.1, 0.15) is 87.0 Å². The van der Waals surface area contributed by atoms with Crippen LogP contribution in [0.15, 0.2) is 24.9 Å². The number of aliphatic hydroxyl groups excluding tert-OH is 1. The molecule has 0 aromatic heterocycles. The Morgan fingerprint density at radius 2 is 1.93 bits per heavy atom. The second-order valence-electron chi connectivity index (χ2n) is 14.2. The first-order valence-corrected chi connectivity index (χ1v) is 16.0. The third-order valence-electron chi connectivity index (χ3n) is 10.8. The number of esters is 1. The third kappa shape index (κ3) is 5.51. The Labute approximate surface area is 244 Å². The smallest absolute Gasteiger partial charge is 0.414 e. The van der Waals surface area contributed by atoms with Crippen molar-refractivity contribution in [2.24, 2.45) is 34.0 Å². The maximum absolute atomic E-state index is 13.5. The van der Waals surface area contributed by atoms with E-state index in [9.17, 15) is 19.5 Å². The third-order valence-corrected chi connectivity index (χ3v) is 12.0. The summed E-state index contributed by atoms with van der Waals surface area (Å²) in [6.07, 6.45) is 8.28. The van der Waals surface area contributed by atoms with E-state index in [-0.39, 0.29) is 52.0 Å². The molecule has 3 saturated carbocycles. The summed E-state index contributed by atoms with van der Waals surface area (Å²) in [6.45, 7) is 18.6. The van der Waals surface area contributed by atoms with Crippen molar-refractivity contribution in [3.63, 3.8) is 0 Å². The fourth-order valence-corrected chi connectivity index (χ4v) is 8.99. The van der Waals surface area contributed by atoms with Gasteiger partial charge in [-0.25, -0.2) is 4.79 Å². The van der Waals surface area contributed by atoms with Gasteiger partial charge in [-0.15, -0.1) is 18.3 Å². The molecule has 5 unspecified atom stereocenters. The summed E-state index contributed by atoms with van der Waals surface area (Å²) >= 11 is 1.50. The summed E-state index contributed by atoms with van der Waals surface area (Å²) in [5, 5.41) is 11.7. The monoisotopic (exact) mass is 575 g/mol. The quantitative estimate of drug-likeness (QED) is 0.310. The lowest BCUT2D eigenvalue weighted by Gasteiger charge is -2.61. The highest BCUT2D eigenvalue weighted by atomic mass is 32.2. The van der Waals surface area contributed by atoms with Gasteiger partial charge in [-0.3, -0.25) is 14.5 Å². The van der Waals surface area contributed by atoms with Crippen molar-refractivity contribution in [1.82, 2.24) is 4.90 Å². The molecule has 40 heavy (non-hydrogen) atoms. The van der Waals surface area contributed by atoms with Crippen LogP contribution >= 0.6 is 11.8 Å². The van der Waals surface area contributed by atoms with E-state index < -0.39 is 28.6 Å². The van der Waals surface area contributed by atoms with Gasteiger partial charge in [0, 0.05) is 41.2 Å². The summed E-state index contributed by atoms with van der Waals surface area (Å²) in [6, 6.07) is 0. The van der Waals surface area contributed by atoms with E-state index in [1.54, 1.807) is 11.1 Å². The molecule has 0 radical (unpaired) electrons. The van der Waals surface area contributed by atoms with Crippen molar-refractivity contribution in [2.75, 3.05) is 12.3 Å². The van der Waals surface area contributed by atoms with E-state index in [2.05, 4.69) is 27.4 Å². The Morgan fingerprint density at radius 1 is 1.23 bits per heavy atom. The number of ether oxygens (including phenoxy) is 2. The minimum atomic E-state index is -0.674. The number of amides is 1. The zero-order valence-corrected chi connectivity index (χ0v) is 26.2. The average Bonchev–Trinajstić information content (AvgIpc) is 3.25. The van der Waals surface area contributed by atoms with Crippen molar-refractivity contribution in [3.8, 4) is 0 Å². The largest absolute Gasteiger partial charge is 0.461 e. The fraction of sp³-hybridized carbons (Fsp3) is 0.781. The molecular formula is C32H49NO6S. The molecule has 1 heterocycles. The Morgan fingerprint density at radius 3 is 2.52 bits per heavy atom. The molecule has 1 amide bonds. The number of ketones is 1. The maximum atomic E-state index is 13.5. The van der Waals surface area contributed by atoms with Crippen LogP contribution in [-0.4, -0.2) is 63.2 Å². The zero-order valence-electron chi connectivity index (χ0n) is 25.4. The predicted octanol–water partition coefficient (Wildman–Crippen LogP) is 6.15. The second-order valence-corrected chi connectivity index (χ2v) is 15.4. The van der Waals surface area contributed by atoms with Gasteiger partial charge in [-0.05, 0) is 70.1 Å². The van der Waals surface area contributed by atoms with Gasteiger partial charge in [-0.1, -0.05) is 39.8 Å². The highest BCUT2D eigenvalue weighted by Gasteiger charge is 2.68. The average molecular weight is 576 g/mol. The number of rotatable bonds is 5. The van der Waals surface area contributed by atoms with E-state index in [0.717, 1.165) is 19.3 Å². The van der Waals surface area contributed by atoms with Crippen molar-refractivity contribution < 1.29 is 29.0 Å². The number of Topliss-reactive ketones (excluding diaryl/α,β-unsaturated/α-hetero) is 1. The summed E-state index contributed by atoms with van der Waals surface area (Å²) in [5.74, 6) is 0.0539. The van der Waals surface area contributed by atoms with Gasteiger partial charge < -0.3 is 14.6 Å². The summed E-state index contributed by atoms with van der Waals surface area (Å²) in [5.41, 5.74) is -1.99. The van der Waals surface area contributed by atoms with Gasteiger partial charge in [0.15, 0.2) is 0 Å². The number of carbonyl (C=O) groups excluding carboxylic acids is 3. The highest BCUT2D eigenvalue weighted by Crippen LogP contribution is 2.68. The van der Waals surface area contributed by atoms with E-state index in [4.69, 9.17) is 9.47 Å². The number of nitrogens with zero attached hydrogens (tertiary/aromatic N) is 1. The van der Waals surface area contributed by atoms with Crippen LogP contribution in [0.4, 0.5) is 4.79 Å². The fourth-order valence-electron chi connectivity index (χ4n) is 8.12. The van der Waals surface area contributed by atoms with Crippen LogP contribution in [-0.2, 0) is 19.1 Å². The normalized spacial score (nSPS) is 41.5. The van der Waals surface area contributed by atoms with Crippen molar-refractivity contribution in [2.45, 2.75) is 110 Å². The number of thioether (sulfide) groups is 1. The molecule has 8 heteroatoms. The first-order valence-electron chi connectivity index (χ1n) is 14.9. The van der Waals surface area contributed by atoms with Gasteiger partial charge in [0.2, 0.25) is 0 Å². The van der Waals surface area contributed by atoms with Crippen LogP contribution in [0.5, 0.6) is 0 Å². The molecule has 9 atom stereocenters. The topological polar surface area (TPSA) is 93.1 Å². The molecular weight excluding hydrogens is 526 g/mol. The second kappa shape index (κ2) is 11.1. The van der Waals surface area contributed by atoms with Crippen LogP contribution in [0.25, 0.3) is 0 Å². The number of hydrogen-bond donors (Lipinski definition) is 1. The van der Waals surface area contributed by atoms with E-state index in [1.165, 1.54) is 11.8 Å². The molecule has 224 valence electrons. The molecule has 2 bridgehead atoms. The van der Waals surface area contributed by atoms with Gasteiger partial charge in [0.05, 0.1) is 11.9 Å². The van der Waals surface area contributed by atoms with Crippen LogP contribution in [0.2, 0.25) is 0 Å². The lowest BCUT2D eigenvalue weighted by Crippen LogP contribution is -2.63. The minimum absolute atomic E-state index is 0.0516. The Hall–Kier alpha value is -1.80. The summed E-state index contributed by atoms with van der Waals surface area (Å²) < 4.78 is 11.8. The lowest BCUT2D eigenvalue weighted by atomic mass is 9.44. The van der Waals surface area contributed by atoms with Gasteiger partial charge in [0.1, 0.15) is 17.5 Å². The highest BCUT2D eigenvalue weighted by molar-refractivity contribution is 8.00.